The van der Waals surface area contributed by atoms with Crippen molar-refractivity contribution in [2.45, 2.75) is 19.9 Å². The molecule has 1 aliphatic heterocycles. The molecule has 0 radical (unpaired) electrons. The molecule has 0 unspecified atom stereocenters. The van der Waals surface area contributed by atoms with Gasteiger partial charge in [0.15, 0.2) is 0 Å². The lowest BCUT2D eigenvalue weighted by Crippen LogP contribution is -2.46. The number of rotatable bonds is 7. The molecule has 1 amide bonds. The summed E-state index contributed by atoms with van der Waals surface area (Å²) in [6.07, 6.45) is 0.801. The first-order valence-electron chi connectivity index (χ1n) is 9.66. The first-order chi connectivity index (χ1) is 13.9. The highest BCUT2D eigenvalue weighted by Gasteiger charge is 2.24. The minimum atomic E-state index is -0.598. The van der Waals surface area contributed by atoms with Crippen LogP contribution in [0.25, 0.3) is 0 Å². The fourth-order valence-corrected chi connectivity index (χ4v) is 3.51. The summed E-state index contributed by atoms with van der Waals surface area (Å²) in [6.45, 7) is 5.81. The minimum absolute atomic E-state index is 0.0215. The zero-order chi connectivity index (χ0) is 20.8. The van der Waals surface area contributed by atoms with Gasteiger partial charge >= 0.3 is 0 Å². The summed E-state index contributed by atoms with van der Waals surface area (Å²) in [5, 5.41) is 14.0. The maximum atomic E-state index is 13.4. The highest BCUT2D eigenvalue weighted by molar-refractivity contribution is 5.72. The second kappa shape index (κ2) is 9.47. The zero-order valence-electron chi connectivity index (χ0n) is 16.4. The summed E-state index contributed by atoms with van der Waals surface area (Å²) in [5.74, 6) is -0.619. The number of amides is 1. The monoisotopic (exact) mass is 400 g/mol. The van der Waals surface area contributed by atoms with Gasteiger partial charge in [-0.2, -0.15) is 0 Å². The molecule has 2 aromatic rings. The lowest BCUT2D eigenvalue weighted by atomic mass is 10.1. The number of hydrogen-bond donors (Lipinski definition) is 1. The van der Waals surface area contributed by atoms with Gasteiger partial charge in [-0.1, -0.05) is 24.3 Å². The predicted molar refractivity (Wildman–Crippen MR) is 109 cm³/mol. The van der Waals surface area contributed by atoms with Crippen molar-refractivity contribution in [1.82, 2.24) is 10.2 Å². The molecule has 1 heterocycles. The van der Waals surface area contributed by atoms with Crippen molar-refractivity contribution in [1.29, 1.82) is 0 Å². The van der Waals surface area contributed by atoms with E-state index in [1.54, 1.807) is 0 Å². The number of hydrogen-bond acceptors (Lipinski definition) is 5. The number of nitro groups is 1. The molecule has 0 bridgehead atoms. The van der Waals surface area contributed by atoms with Crippen molar-refractivity contribution >= 4 is 17.3 Å². The van der Waals surface area contributed by atoms with E-state index < -0.39 is 10.7 Å². The van der Waals surface area contributed by atoms with E-state index in [4.69, 9.17) is 0 Å². The smallest absolute Gasteiger partial charge is 0.295 e. The number of carbonyl (C=O) groups is 1. The number of halogens is 1. The van der Waals surface area contributed by atoms with E-state index in [1.807, 2.05) is 4.90 Å². The molecule has 3 rings (SSSR count). The molecule has 0 saturated carbocycles. The molecule has 29 heavy (non-hydrogen) atoms. The standard InChI is InChI=1S/C21H25FN4O3/c1-16(27)23-9-8-17-2-4-18(5-3-17)15-24-10-12-25(13-11-24)20-7-6-19(22)14-21(20)26(28)29/h2-7,14H,8-13,15H2,1H3,(H,23,27). The van der Waals surface area contributed by atoms with Crippen LogP contribution in [0.3, 0.4) is 0 Å². The van der Waals surface area contributed by atoms with Crippen LogP contribution >= 0.6 is 0 Å². The van der Waals surface area contributed by atoms with Gasteiger partial charge in [0.2, 0.25) is 5.91 Å². The highest BCUT2D eigenvalue weighted by Crippen LogP contribution is 2.29. The Bertz CT molecular complexity index is 865. The summed E-state index contributed by atoms with van der Waals surface area (Å²) < 4.78 is 13.4. The maximum absolute atomic E-state index is 13.4. The Kier molecular flexibility index (Phi) is 6.77. The van der Waals surface area contributed by atoms with E-state index in [1.165, 1.54) is 30.2 Å². The van der Waals surface area contributed by atoms with Gasteiger partial charge in [0, 0.05) is 46.2 Å². The molecule has 1 saturated heterocycles. The van der Waals surface area contributed by atoms with Crippen molar-refractivity contribution in [3.8, 4) is 0 Å². The Balaban J connectivity index is 1.53. The molecule has 7 nitrogen and oxygen atoms in total. The maximum Gasteiger partial charge on any atom is 0.295 e. The number of carbonyl (C=O) groups excluding carboxylic acids is 1. The molecular formula is C21H25FN4O3. The van der Waals surface area contributed by atoms with Gasteiger partial charge in [-0.05, 0) is 29.7 Å². The molecule has 0 aliphatic carbocycles. The second-order valence-electron chi connectivity index (χ2n) is 7.20. The van der Waals surface area contributed by atoms with Crippen molar-refractivity contribution in [3.63, 3.8) is 0 Å². The molecule has 0 aromatic heterocycles. The minimum Gasteiger partial charge on any atom is -0.363 e. The fraction of sp³-hybridized carbons (Fsp3) is 0.381. The zero-order valence-corrected chi connectivity index (χ0v) is 16.4. The number of piperazine rings is 1. The van der Waals surface area contributed by atoms with Crippen molar-refractivity contribution in [2.24, 2.45) is 0 Å². The van der Waals surface area contributed by atoms with Gasteiger partial charge in [0.1, 0.15) is 11.5 Å². The van der Waals surface area contributed by atoms with Crippen LogP contribution in [0.1, 0.15) is 18.1 Å². The fourth-order valence-electron chi connectivity index (χ4n) is 3.51. The van der Waals surface area contributed by atoms with E-state index in [0.29, 0.717) is 25.3 Å². The Morgan fingerprint density at radius 1 is 1.10 bits per heavy atom. The van der Waals surface area contributed by atoms with Crippen LogP contribution in [0.2, 0.25) is 0 Å². The third kappa shape index (κ3) is 5.74. The van der Waals surface area contributed by atoms with E-state index in [2.05, 4.69) is 34.5 Å². The van der Waals surface area contributed by atoms with Crippen LogP contribution in [-0.2, 0) is 17.8 Å². The lowest BCUT2D eigenvalue weighted by molar-refractivity contribution is -0.384. The molecular weight excluding hydrogens is 375 g/mol. The first kappa shape index (κ1) is 20.7. The summed E-state index contributed by atoms with van der Waals surface area (Å²) in [6, 6.07) is 12.1. The van der Waals surface area contributed by atoms with Gasteiger partial charge in [0.05, 0.1) is 11.0 Å². The van der Waals surface area contributed by atoms with Gasteiger partial charge in [-0.3, -0.25) is 19.8 Å². The van der Waals surface area contributed by atoms with Crippen molar-refractivity contribution < 1.29 is 14.1 Å². The topological polar surface area (TPSA) is 78.7 Å². The third-order valence-electron chi connectivity index (χ3n) is 5.06. The quantitative estimate of drug-likeness (QED) is 0.571. The van der Waals surface area contributed by atoms with Crippen LogP contribution in [0.15, 0.2) is 42.5 Å². The van der Waals surface area contributed by atoms with Gasteiger partial charge in [-0.15, -0.1) is 0 Å². The molecule has 1 N–H and O–H groups in total. The predicted octanol–water partition coefficient (Wildman–Crippen LogP) is 2.73. The van der Waals surface area contributed by atoms with E-state index in [9.17, 15) is 19.3 Å². The third-order valence-corrected chi connectivity index (χ3v) is 5.06. The Morgan fingerprint density at radius 3 is 2.38 bits per heavy atom. The molecule has 1 fully saturated rings. The van der Waals surface area contributed by atoms with E-state index in [-0.39, 0.29) is 11.6 Å². The molecule has 0 atom stereocenters. The number of benzene rings is 2. The first-order valence-corrected chi connectivity index (χ1v) is 9.66. The SMILES string of the molecule is CC(=O)NCCc1ccc(CN2CCN(c3ccc(F)cc3[N+](=O)[O-])CC2)cc1. The molecule has 0 spiro atoms. The number of nitrogens with one attached hydrogen (secondary N) is 1. The number of anilines is 1. The van der Waals surface area contributed by atoms with Gasteiger partial charge in [-0.25, -0.2) is 4.39 Å². The summed E-state index contributed by atoms with van der Waals surface area (Å²) in [7, 11) is 0. The Morgan fingerprint density at radius 2 is 1.76 bits per heavy atom. The second-order valence-corrected chi connectivity index (χ2v) is 7.20. The highest BCUT2D eigenvalue weighted by atomic mass is 19.1. The van der Waals surface area contributed by atoms with Gasteiger partial charge in [0.25, 0.3) is 5.69 Å². The van der Waals surface area contributed by atoms with E-state index in [0.717, 1.165) is 32.1 Å². The summed E-state index contributed by atoms with van der Waals surface area (Å²) in [4.78, 5) is 25.9. The average molecular weight is 400 g/mol. The van der Waals surface area contributed by atoms with Crippen LogP contribution < -0.4 is 10.2 Å². The Hall–Kier alpha value is -3.00. The largest absolute Gasteiger partial charge is 0.363 e. The average Bonchev–Trinajstić information content (AvgIpc) is 2.70. The van der Waals surface area contributed by atoms with Crippen LogP contribution in [0.4, 0.5) is 15.8 Å². The number of nitrogens with zero attached hydrogens (tertiary/aromatic N) is 3. The van der Waals surface area contributed by atoms with Gasteiger partial charge < -0.3 is 10.2 Å². The summed E-state index contributed by atoms with van der Waals surface area (Å²) in [5.41, 5.74) is 2.67. The van der Waals surface area contributed by atoms with E-state index >= 15 is 0 Å². The van der Waals surface area contributed by atoms with Crippen molar-refractivity contribution in [2.75, 3.05) is 37.6 Å². The van der Waals surface area contributed by atoms with Crippen LogP contribution in [0.5, 0.6) is 0 Å². The molecule has 8 heteroatoms. The lowest BCUT2D eigenvalue weighted by Gasteiger charge is -2.35. The normalized spacial score (nSPS) is 14.6. The van der Waals surface area contributed by atoms with Crippen LogP contribution in [0, 0.1) is 15.9 Å². The van der Waals surface area contributed by atoms with Crippen molar-refractivity contribution in [3.05, 3.63) is 69.5 Å². The molecule has 154 valence electrons. The number of nitro benzene ring substituents is 1. The molecule has 2 aromatic carbocycles. The summed E-state index contributed by atoms with van der Waals surface area (Å²) >= 11 is 0. The van der Waals surface area contributed by atoms with Crippen LogP contribution in [-0.4, -0.2) is 48.5 Å². The Labute approximate surface area is 169 Å². The molecule has 1 aliphatic rings.